The van der Waals surface area contributed by atoms with Crippen LogP contribution < -0.4 is 5.32 Å². The van der Waals surface area contributed by atoms with Crippen molar-refractivity contribution in [1.29, 1.82) is 0 Å². The topological polar surface area (TPSA) is 21.3 Å². The molecule has 20 heavy (non-hydrogen) atoms. The van der Waals surface area contributed by atoms with Crippen molar-refractivity contribution in [3.63, 3.8) is 0 Å². The second-order valence-electron chi connectivity index (χ2n) is 5.06. The molecule has 0 amide bonds. The van der Waals surface area contributed by atoms with E-state index in [1.165, 1.54) is 29.7 Å². The third-order valence-electron chi connectivity index (χ3n) is 3.20. The largest absolute Gasteiger partial charge is 0.381 e. The predicted octanol–water partition coefficient (Wildman–Crippen LogP) is 4.66. The van der Waals surface area contributed by atoms with Crippen LogP contribution in [-0.4, -0.2) is 25.5 Å². The van der Waals surface area contributed by atoms with Crippen molar-refractivity contribution in [2.24, 2.45) is 0 Å². The van der Waals surface area contributed by atoms with Gasteiger partial charge in [0.1, 0.15) is 0 Å². The van der Waals surface area contributed by atoms with Crippen LogP contribution in [-0.2, 0) is 4.74 Å². The van der Waals surface area contributed by atoms with E-state index in [1.54, 1.807) is 0 Å². The summed E-state index contributed by atoms with van der Waals surface area (Å²) in [7, 11) is 0. The zero-order valence-electron chi connectivity index (χ0n) is 13.2. The highest BCUT2D eigenvalue weighted by Crippen LogP contribution is 2.22. The Morgan fingerprint density at radius 2 is 2.05 bits per heavy atom. The standard InChI is InChI=1S/C17H29NOS/c1-4-6-11-19-12-13-20-17-9-7-8-16(14-17)15(3)18-10-5-2/h7-9,14-15,18H,4-6,10-13H2,1-3H3. The molecule has 1 aromatic carbocycles. The molecule has 2 nitrogen and oxygen atoms in total. The molecule has 1 rings (SSSR count). The van der Waals surface area contributed by atoms with Gasteiger partial charge in [-0.1, -0.05) is 32.4 Å². The number of unbranched alkanes of at least 4 members (excludes halogenated alkanes) is 1. The van der Waals surface area contributed by atoms with E-state index in [-0.39, 0.29) is 0 Å². The van der Waals surface area contributed by atoms with Crippen LogP contribution in [0.3, 0.4) is 0 Å². The van der Waals surface area contributed by atoms with Crippen molar-refractivity contribution in [2.75, 3.05) is 25.5 Å². The summed E-state index contributed by atoms with van der Waals surface area (Å²) >= 11 is 1.88. The molecular formula is C17H29NOS. The molecule has 1 atom stereocenters. The second-order valence-corrected chi connectivity index (χ2v) is 6.23. The Hall–Kier alpha value is -0.510. The van der Waals surface area contributed by atoms with Crippen molar-refractivity contribution in [2.45, 2.75) is 51.0 Å². The molecule has 0 radical (unpaired) electrons. The van der Waals surface area contributed by atoms with Crippen LogP contribution in [0.2, 0.25) is 0 Å². The predicted molar refractivity (Wildman–Crippen MR) is 89.6 cm³/mol. The number of rotatable bonds is 11. The first-order valence-corrected chi connectivity index (χ1v) is 8.80. The van der Waals surface area contributed by atoms with Gasteiger partial charge < -0.3 is 10.1 Å². The molecule has 0 aliphatic heterocycles. The summed E-state index contributed by atoms with van der Waals surface area (Å²) in [5, 5.41) is 3.53. The minimum atomic E-state index is 0.427. The van der Waals surface area contributed by atoms with Crippen LogP contribution >= 0.6 is 11.8 Å². The molecule has 3 heteroatoms. The quantitative estimate of drug-likeness (QED) is 0.474. The van der Waals surface area contributed by atoms with E-state index in [9.17, 15) is 0 Å². The molecule has 114 valence electrons. The molecule has 1 unspecified atom stereocenters. The van der Waals surface area contributed by atoms with Gasteiger partial charge in [-0.05, 0) is 44.0 Å². The first-order chi connectivity index (χ1) is 9.77. The highest BCUT2D eigenvalue weighted by Gasteiger charge is 2.04. The highest BCUT2D eigenvalue weighted by atomic mass is 32.2. The number of hydrogen-bond acceptors (Lipinski definition) is 3. The van der Waals surface area contributed by atoms with Gasteiger partial charge in [-0.25, -0.2) is 0 Å². The maximum absolute atomic E-state index is 5.59. The van der Waals surface area contributed by atoms with Gasteiger partial charge in [-0.2, -0.15) is 0 Å². The van der Waals surface area contributed by atoms with Gasteiger partial charge in [0.25, 0.3) is 0 Å². The summed E-state index contributed by atoms with van der Waals surface area (Å²) < 4.78 is 5.59. The minimum absolute atomic E-state index is 0.427. The second kappa shape index (κ2) is 11.2. The lowest BCUT2D eigenvalue weighted by molar-refractivity contribution is 0.147. The monoisotopic (exact) mass is 295 g/mol. The van der Waals surface area contributed by atoms with Crippen molar-refractivity contribution in [3.05, 3.63) is 29.8 Å². The number of nitrogens with one attached hydrogen (secondary N) is 1. The molecule has 0 saturated carbocycles. The Morgan fingerprint density at radius 1 is 1.20 bits per heavy atom. The van der Waals surface area contributed by atoms with Gasteiger partial charge >= 0.3 is 0 Å². The summed E-state index contributed by atoms with van der Waals surface area (Å²) in [5.41, 5.74) is 1.37. The lowest BCUT2D eigenvalue weighted by Gasteiger charge is -2.14. The Labute approximate surface area is 128 Å². The summed E-state index contributed by atoms with van der Waals surface area (Å²) in [5.74, 6) is 1.03. The fourth-order valence-electron chi connectivity index (χ4n) is 1.92. The number of ether oxygens (including phenoxy) is 1. The minimum Gasteiger partial charge on any atom is -0.381 e. The lowest BCUT2D eigenvalue weighted by Crippen LogP contribution is -2.19. The molecule has 0 heterocycles. The fraction of sp³-hybridized carbons (Fsp3) is 0.647. The zero-order valence-corrected chi connectivity index (χ0v) is 14.0. The normalized spacial score (nSPS) is 12.6. The molecule has 0 bridgehead atoms. The molecule has 1 aromatic rings. The van der Waals surface area contributed by atoms with E-state index in [0.29, 0.717) is 6.04 Å². The Bertz CT molecular complexity index is 357. The number of hydrogen-bond donors (Lipinski definition) is 1. The van der Waals surface area contributed by atoms with E-state index in [2.05, 4.69) is 50.4 Å². The Morgan fingerprint density at radius 3 is 2.80 bits per heavy atom. The highest BCUT2D eigenvalue weighted by molar-refractivity contribution is 7.99. The van der Waals surface area contributed by atoms with Crippen LogP contribution in [0.5, 0.6) is 0 Å². The van der Waals surface area contributed by atoms with E-state index < -0.39 is 0 Å². The molecule has 0 fully saturated rings. The maximum atomic E-state index is 5.59. The fourth-order valence-corrected chi connectivity index (χ4v) is 2.75. The van der Waals surface area contributed by atoms with Crippen molar-refractivity contribution >= 4 is 11.8 Å². The van der Waals surface area contributed by atoms with Gasteiger partial charge in [0.2, 0.25) is 0 Å². The van der Waals surface area contributed by atoms with Crippen molar-refractivity contribution < 1.29 is 4.74 Å². The van der Waals surface area contributed by atoms with Crippen molar-refractivity contribution in [3.8, 4) is 0 Å². The van der Waals surface area contributed by atoms with Crippen LogP contribution in [0.25, 0.3) is 0 Å². The molecular weight excluding hydrogens is 266 g/mol. The first kappa shape index (κ1) is 17.5. The summed E-state index contributed by atoms with van der Waals surface area (Å²) in [6, 6.07) is 9.27. The third kappa shape index (κ3) is 7.32. The molecule has 0 aliphatic carbocycles. The summed E-state index contributed by atoms with van der Waals surface area (Å²) in [6.45, 7) is 9.44. The average Bonchev–Trinajstić information content (AvgIpc) is 2.48. The Kier molecular flexibility index (Phi) is 9.81. The molecule has 1 N–H and O–H groups in total. The van der Waals surface area contributed by atoms with E-state index in [0.717, 1.165) is 25.5 Å². The van der Waals surface area contributed by atoms with E-state index in [4.69, 9.17) is 4.74 Å². The van der Waals surface area contributed by atoms with Crippen LogP contribution in [0.15, 0.2) is 29.2 Å². The SMILES string of the molecule is CCCCOCCSc1cccc(C(C)NCCC)c1. The Balaban J connectivity index is 2.32. The number of benzene rings is 1. The smallest absolute Gasteiger partial charge is 0.0560 e. The average molecular weight is 295 g/mol. The first-order valence-electron chi connectivity index (χ1n) is 7.81. The van der Waals surface area contributed by atoms with Crippen LogP contribution in [0, 0.1) is 0 Å². The molecule has 0 spiro atoms. The van der Waals surface area contributed by atoms with Crippen LogP contribution in [0.4, 0.5) is 0 Å². The third-order valence-corrected chi connectivity index (χ3v) is 4.16. The lowest BCUT2D eigenvalue weighted by atomic mass is 10.1. The van der Waals surface area contributed by atoms with Crippen molar-refractivity contribution in [1.82, 2.24) is 5.32 Å². The summed E-state index contributed by atoms with van der Waals surface area (Å²) in [4.78, 5) is 1.34. The number of thioether (sulfide) groups is 1. The van der Waals surface area contributed by atoms with Gasteiger partial charge in [-0.15, -0.1) is 11.8 Å². The van der Waals surface area contributed by atoms with E-state index >= 15 is 0 Å². The van der Waals surface area contributed by atoms with Crippen LogP contribution in [0.1, 0.15) is 51.6 Å². The molecule has 0 aliphatic rings. The van der Waals surface area contributed by atoms with Gasteiger partial charge in [0, 0.05) is 23.3 Å². The zero-order chi connectivity index (χ0) is 14.6. The van der Waals surface area contributed by atoms with Gasteiger partial charge in [-0.3, -0.25) is 0 Å². The summed E-state index contributed by atoms with van der Waals surface area (Å²) in [6.07, 6.45) is 3.55. The van der Waals surface area contributed by atoms with Gasteiger partial charge in [0.05, 0.1) is 6.61 Å². The molecule has 0 saturated heterocycles. The van der Waals surface area contributed by atoms with Gasteiger partial charge in [0.15, 0.2) is 0 Å². The van der Waals surface area contributed by atoms with E-state index in [1.807, 2.05) is 11.8 Å². The maximum Gasteiger partial charge on any atom is 0.0560 e. The molecule has 0 aromatic heterocycles.